The lowest BCUT2D eigenvalue weighted by molar-refractivity contribution is -0.0541. The average molecular weight is 384 g/mol. The van der Waals surface area contributed by atoms with Gasteiger partial charge in [-0.15, -0.1) is 23.5 Å². The summed E-state index contributed by atoms with van der Waals surface area (Å²) in [6, 6.07) is 6.38. The molecule has 7 heteroatoms. The van der Waals surface area contributed by atoms with E-state index in [0.29, 0.717) is 18.4 Å². The molecule has 25 heavy (non-hydrogen) atoms. The lowest BCUT2D eigenvalue weighted by atomic mass is 9.80. The first-order chi connectivity index (χ1) is 12.0. The number of hydrogen-bond acceptors (Lipinski definition) is 4. The summed E-state index contributed by atoms with van der Waals surface area (Å²) in [6.45, 7) is 0. The van der Waals surface area contributed by atoms with Crippen LogP contribution in [0.2, 0.25) is 0 Å². The summed E-state index contributed by atoms with van der Waals surface area (Å²) < 4.78 is 14.0. The van der Waals surface area contributed by atoms with E-state index in [1.54, 1.807) is 35.7 Å². The predicted molar refractivity (Wildman–Crippen MR) is 98.5 cm³/mol. The van der Waals surface area contributed by atoms with Crippen molar-refractivity contribution in [3.8, 4) is 0 Å². The van der Waals surface area contributed by atoms with Gasteiger partial charge in [0.25, 0.3) is 0 Å². The number of piperidine rings is 1. The van der Waals surface area contributed by atoms with Crippen LogP contribution in [0.25, 0.3) is 0 Å². The molecule has 3 fully saturated rings. The molecule has 3 saturated heterocycles. The summed E-state index contributed by atoms with van der Waals surface area (Å²) in [7, 11) is 0. The Kier molecular flexibility index (Phi) is 4.45. The summed E-state index contributed by atoms with van der Waals surface area (Å²) in [4.78, 5) is 13.1. The van der Waals surface area contributed by atoms with E-state index in [1.165, 1.54) is 11.0 Å². The van der Waals surface area contributed by atoms with Gasteiger partial charge < -0.3 is 15.1 Å². The second-order valence-corrected chi connectivity index (χ2v) is 10.0. The number of aliphatic hydroxyl groups is 1. The molecule has 0 aliphatic carbocycles. The molecule has 136 valence electrons. The molecule has 2 bridgehead atoms. The van der Waals surface area contributed by atoms with Crippen molar-refractivity contribution in [2.75, 3.05) is 11.5 Å². The van der Waals surface area contributed by atoms with Crippen LogP contribution < -0.4 is 0 Å². The third-order valence-corrected chi connectivity index (χ3v) is 9.43. The van der Waals surface area contributed by atoms with Gasteiger partial charge in [0.1, 0.15) is 9.90 Å². The van der Waals surface area contributed by atoms with E-state index >= 15 is 0 Å². The van der Waals surface area contributed by atoms with Crippen molar-refractivity contribution in [1.29, 1.82) is 0 Å². The maximum absolute atomic E-state index is 14.7. The zero-order valence-corrected chi connectivity index (χ0v) is 15.5. The van der Waals surface area contributed by atoms with Gasteiger partial charge in [-0.1, -0.05) is 18.2 Å². The molecule has 0 radical (unpaired) electrons. The molecule has 3 heterocycles. The third-order valence-electron chi connectivity index (χ3n) is 5.73. The number of hydrogen-bond donors (Lipinski definition) is 2. The lowest BCUT2D eigenvalue weighted by Gasteiger charge is -2.53. The van der Waals surface area contributed by atoms with Crippen molar-refractivity contribution in [3.63, 3.8) is 0 Å². The van der Waals surface area contributed by atoms with Gasteiger partial charge in [0.05, 0.1) is 5.60 Å². The molecule has 3 aliphatic rings. The molecule has 1 aromatic carbocycles. The molecule has 1 aromatic rings. The summed E-state index contributed by atoms with van der Waals surface area (Å²) >= 11 is 3.26. The predicted octanol–water partition coefficient (Wildman–Crippen LogP) is 3.88. The number of benzene rings is 1. The fourth-order valence-corrected chi connectivity index (χ4v) is 8.42. The third kappa shape index (κ3) is 2.66. The summed E-state index contributed by atoms with van der Waals surface area (Å²) in [5.74, 6) is 1.47. The minimum atomic E-state index is -1.11. The first kappa shape index (κ1) is 17.5. The molecule has 0 spiro atoms. The van der Waals surface area contributed by atoms with Gasteiger partial charge >= 0.3 is 6.09 Å². The van der Waals surface area contributed by atoms with Gasteiger partial charge in [-0.25, -0.2) is 9.18 Å². The van der Waals surface area contributed by atoms with Crippen LogP contribution >= 0.6 is 23.5 Å². The van der Waals surface area contributed by atoms with Crippen molar-refractivity contribution in [3.05, 3.63) is 35.6 Å². The van der Waals surface area contributed by atoms with Gasteiger partial charge in [-0.05, 0) is 49.7 Å². The van der Waals surface area contributed by atoms with Crippen LogP contribution in [0.3, 0.4) is 0 Å². The number of amides is 1. The Morgan fingerprint density at radius 1 is 1.16 bits per heavy atom. The first-order valence-electron chi connectivity index (χ1n) is 8.73. The molecule has 1 amide bonds. The molecule has 4 rings (SSSR count). The minimum Gasteiger partial charge on any atom is -0.465 e. The number of nitrogens with zero attached hydrogens (tertiary/aromatic N) is 1. The summed E-state index contributed by atoms with van der Waals surface area (Å²) in [5.41, 5.74) is -0.557. The van der Waals surface area contributed by atoms with E-state index < -0.39 is 15.8 Å². The van der Waals surface area contributed by atoms with E-state index in [1.807, 2.05) is 6.07 Å². The van der Waals surface area contributed by atoms with Crippen LogP contribution in [0.1, 0.15) is 37.7 Å². The van der Waals surface area contributed by atoms with E-state index in [0.717, 1.165) is 30.8 Å². The Hall–Kier alpha value is -0.920. The Labute approximate surface area is 155 Å². The van der Waals surface area contributed by atoms with Gasteiger partial charge in [-0.3, -0.25) is 0 Å². The highest BCUT2D eigenvalue weighted by Crippen LogP contribution is 2.62. The van der Waals surface area contributed by atoms with E-state index in [9.17, 15) is 19.4 Å². The smallest absolute Gasteiger partial charge is 0.407 e. The molecule has 4 nitrogen and oxygen atoms in total. The van der Waals surface area contributed by atoms with E-state index in [4.69, 9.17) is 0 Å². The molecule has 0 saturated carbocycles. The number of halogens is 1. The number of fused-ring (bicyclic) bond motifs is 2. The van der Waals surface area contributed by atoms with Crippen LogP contribution in [0.15, 0.2) is 24.3 Å². The summed E-state index contributed by atoms with van der Waals surface area (Å²) in [6.07, 6.45) is 2.45. The largest absolute Gasteiger partial charge is 0.465 e. The number of thioether (sulfide) groups is 2. The molecular formula is C18H22FNO3S2. The highest BCUT2D eigenvalue weighted by atomic mass is 32.2. The first-order valence-corrected chi connectivity index (χ1v) is 10.7. The highest BCUT2D eigenvalue weighted by Gasteiger charge is 2.61. The van der Waals surface area contributed by atoms with Crippen LogP contribution in [0.5, 0.6) is 0 Å². The van der Waals surface area contributed by atoms with Gasteiger partial charge in [0.2, 0.25) is 0 Å². The molecular weight excluding hydrogens is 361 g/mol. The highest BCUT2D eigenvalue weighted by molar-refractivity contribution is 8.18. The minimum absolute atomic E-state index is 0.173. The Balaban J connectivity index is 1.76. The SMILES string of the molecule is O=C(O)N1[C@@H]2CC[C@H]1CC(O)(C1(c3ccccc3F)SCCCS1)C2. The second-order valence-electron chi connectivity index (χ2n) is 7.16. The maximum Gasteiger partial charge on any atom is 0.407 e. The maximum atomic E-state index is 14.7. The zero-order chi connectivity index (χ0) is 17.7. The average Bonchev–Trinajstić information content (AvgIpc) is 2.88. The van der Waals surface area contributed by atoms with Crippen LogP contribution in [-0.4, -0.2) is 50.4 Å². The fraction of sp³-hybridized carbons (Fsp3) is 0.611. The molecule has 0 aromatic heterocycles. The Morgan fingerprint density at radius 3 is 2.32 bits per heavy atom. The number of carbonyl (C=O) groups is 1. The van der Waals surface area contributed by atoms with Gasteiger partial charge in [0.15, 0.2) is 0 Å². The van der Waals surface area contributed by atoms with Crippen LogP contribution in [0, 0.1) is 5.82 Å². The normalized spacial score (nSPS) is 34.1. The molecule has 2 N–H and O–H groups in total. The van der Waals surface area contributed by atoms with Crippen molar-refractivity contribution < 1.29 is 19.4 Å². The monoisotopic (exact) mass is 383 g/mol. The number of carboxylic acid groups (broad SMARTS) is 1. The lowest BCUT2D eigenvalue weighted by Crippen LogP contribution is -2.60. The van der Waals surface area contributed by atoms with Gasteiger partial charge in [0, 0.05) is 17.6 Å². The standard InChI is InChI=1S/C18H22FNO3S2/c19-15-5-2-1-4-14(15)18(24-8-3-9-25-18)17(23)10-12-6-7-13(11-17)20(12)16(21)22/h1-2,4-5,12-13,23H,3,6-11H2,(H,21,22)/t12-,13+,17?. The van der Waals surface area contributed by atoms with Crippen molar-refractivity contribution in [1.82, 2.24) is 4.90 Å². The molecule has 3 atom stereocenters. The van der Waals surface area contributed by atoms with Crippen LogP contribution in [-0.2, 0) is 4.08 Å². The van der Waals surface area contributed by atoms with Gasteiger partial charge in [-0.2, -0.15) is 0 Å². The number of rotatable bonds is 2. The second kappa shape index (κ2) is 6.35. The van der Waals surface area contributed by atoms with Crippen molar-refractivity contribution in [2.24, 2.45) is 0 Å². The Bertz CT molecular complexity index is 666. The topological polar surface area (TPSA) is 60.8 Å². The zero-order valence-electron chi connectivity index (χ0n) is 13.9. The van der Waals surface area contributed by atoms with Crippen molar-refractivity contribution in [2.45, 2.75) is 53.9 Å². The van der Waals surface area contributed by atoms with E-state index in [2.05, 4.69) is 0 Å². The quantitative estimate of drug-likeness (QED) is 0.811. The van der Waals surface area contributed by atoms with Crippen LogP contribution in [0.4, 0.5) is 9.18 Å². The molecule has 1 unspecified atom stereocenters. The Morgan fingerprint density at radius 2 is 1.76 bits per heavy atom. The van der Waals surface area contributed by atoms with Crippen molar-refractivity contribution >= 4 is 29.6 Å². The van der Waals surface area contributed by atoms with E-state index in [-0.39, 0.29) is 17.9 Å². The summed E-state index contributed by atoms with van der Waals surface area (Å²) in [5, 5.41) is 21.3. The molecule has 3 aliphatic heterocycles. The fourth-order valence-electron chi connectivity index (χ4n) is 4.74.